The molecule has 5 heteroatoms. The number of nitrogens with one attached hydrogen (secondary N) is 3. The minimum absolute atomic E-state index is 0.000520. The first-order valence-electron chi connectivity index (χ1n) is 7.98. The molecule has 1 saturated heterocycles. The van der Waals surface area contributed by atoms with Gasteiger partial charge >= 0.3 is 0 Å². The van der Waals surface area contributed by atoms with E-state index >= 15 is 0 Å². The molecule has 1 aromatic rings. The normalized spacial score (nSPS) is 21.1. The summed E-state index contributed by atoms with van der Waals surface area (Å²) in [6.07, 6.45) is 2.78. The molecule has 1 heterocycles. The van der Waals surface area contributed by atoms with Crippen LogP contribution in [0.4, 0.5) is 0 Å². The number of carbonyl (C=O) groups is 2. The van der Waals surface area contributed by atoms with Gasteiger partial charge < -0.3 is 16.0 Å². The SMILES string of the molecule is CC1NCCCC1NC(=O)CCNC(=O)Cc1ccccc1. The van der Waals surface area contributed by atoms with Gasteiger partial charge in [0.05, 0.1) is 6.42 Å². The first kappa shape index (κ1) is 16.5. The second-order valence-corrected chi connectivity index (χ2v) is 5.82. The summed E-state index contributed by atoms with van der Waals surface area (Å²) in [4.78, 5) is 23.7. The van der Waals surface area contributed by atoms with Gasteiger partial charge in [-0.15, -0.1) is 0 Å². The van der Waals surface area contributed by atoms with Crippen molar-refractivity contribution in [1.82, 2.24) is 16.0 Å². The second kappa shape index (κ2) is 8.54. The fourth-order valence-corrected chi connectivity index (χ4v) is 2.68. The summed E-state index contributed by atoms with van der Waals surface area (Å²) in [7, 11) is 0. The van der Waals surface area contributed by atoms with Crippen molar-refractivity contribution in [3.63, 3.8) is 0 Å². The molecule has 2 atom stereocenters. The van der Waals surface area contributed by atoms with Crippen molar-refractivity contribution in [2.45, 2.75) is 44.7 Å². The maximum absolute atomic E-state index is 11.9. The molecule has 0 aliphatic carbocycles. The first-order chi connectivity index (χ1) is 10.6. The Morgan fingerprint density at radius 1 is 1.23 bits per heavy atom. The summed E-state index contributed by atoms with van der Waals surface area (Å²) in [6, 6.07) is 10.1. The fourth-order valence-electron chi connectivity index (χ4n) is 2.68. The van der Waals surface area contributed by atoms with Gasteiger partial charge in [-0.2, -0.15) is 0 Å². The van der Waals surface area contributed by atoms with E-state index in [9.17, 15) is 9.59 Å². The number of carbonyl (C=O) groups excluding carboxylic acids is 2. The predicted molar refractivity (Wildman–Crippen MR) is 86.4 cm³/mol. The van der Waals surface area contributed by atoms with Crippen LogP contribution in [0.1, 0.15) is 31.7 Å². The lowest BCUT2D eigenvalue weighted by Gasteiger charge is -2.30. The smallest absolute Gasteiger partial charge is 0.224 e. The maximum Gasteiger partial charge on any atom is 0.224 e. The molecule has 0 radical (unpaired) electrons. The third kappa shape index (κ3) is 5.48. The Morgan fingerprint density at radius 3 is 2.73 bits per heavy atom. The van der Waals surface area contributed by atoms with Crippen LogP contribution in [0.15, 0.2) is 30.3 Å². The van der Waals surface area contributed by atoms with Crippen molar-refractivity contribution in [2.24, 2.45) is 0 Å². The Labute approximate surface area is 131 Å². The number of hydrogen-bond acceptors (Lipinski definition) is 3. The highest BCUT2D eigenvalue weighted by atomic mass is 16.2. The van der Waals surface area contributed by atoms with Gasteiger partial charge in [0.1, 0.15) is 0 Å². The zero-order chi connectivity index (χ0) is 15.8. The van der Waals surface area contributed by atoms with Gasteiger partial charge in [-0.3, -0.25) is 9.59 Å². The van der Waals surface area contributed by atoms with E-state index in [1.807, 2.05) is 30.3 Å². The molecule has 5 nitrogen and oxygen atoms in total. The van der Waals surface area contributed by atoms with E-state index in [-0.39, 0.29) is 17.9 Å². The summed E-state index contributed by atoms with van der Waals surface area (Å²) in [5.74, 6) is -0.0488. The average Bonchev–Trinajstić information content (AvgIpc) is 2.50. The summed E-state index contributed by atoms with van der Waals surface area (Å²) >= 11 is 0. The molecule has 0 aromatic heterocycles. The lowest BCUT2D eigenvalue weighted by Crippen LogP contribution is -2.52. The fraction of sp³-hybridized carbons (Fsp3) is 0.529. The highest BCUT2D eigenvalue weighted by Crippen LogP contribution is 2.08. The predicted octanol–water partition coefficient (Wildman–Crippen LogP) is 0.992. The number of hydrogen-bond donors (Lipinski definition) is 3. The number of piperidine rings is 1. The van der Waals surface area contributed by atoms with Crippen LogP contribution in [0, 0.1) is 0 Å². The Kier molecular flexibility index (Phi) is 6.40. The number of rotatable bonds is 6. The van der Waals surface area contributed by atoms with Gasteiger partial charge in [0, 0.05) is 25.0 Å². The molecule has 0 saturated carbocycles. The van der Waals surface area contributed by atoms with E-state index in [4.69, 9.17) is 0 Å². The molecular weight excluding hydrogens is 278 g/mol. The van der Waals surface area contributed by atoms with E-state index in [0.717, 1.165) is 24.9 Å². The average molecular weight is 303 g/mol. The molecule has 1 aromatic carbocycles. The van der Waals surface area contributed by atoms with E-state index in [1.165, 1.54) is 0 Å². The van der Waals surface area contributed by atoms with Crippen molar-refractivity contribution in [1.29, 1.82) is 0 Å². The van der Waals surface area contributed by atoms with Crippen molar-refractivity contribution in [2.75, 3.05) is 13.1 Å². The van der Waals surface area contributed by atoms with Gasteiger partial charge in [-0.25, -0.2) is 0 Å². The molecule has 1 aliphatic rings. The number of amides is 2. The van der Waals surface area contributed by atoms with E-state index in [0.29, 0.717) is 25.4 Å². The van der Waals surface area contributed by atoms with Crippen LogP contribution < -0.4 is 16.0 Å². The Balaban J connectivity index is 1.63. The molecule has 1 aliphatic heterocycles. The molecule has 2 rings (SSSR count). The zero-order valence-corrected chi connectivity index (χ0v) is 13.1. The third-order valence-electron chi connectivity index (χ3n) is 3.99. The molecular formula is C17H25N3O2. The highest BCUT2D eigenvalue weighted by molar-refractivity contribution is 5.80. The van der Waals surface area contributed by atoms with Crippen LogP contribution in [0.5, 0.6) is 0 Å². The standard InChI is InChI=1S/C17H25N3O2/c1-13-15(8-5-10-18-13)20-16(21)9-11-19-17(22)12-14-6-3-2-4-7-14/h2-4,6-7,13,15,18H,5,8-12H2,1H3,(H,19,22)(H,20,21). The Bertz CT molecular complexity index is 490. The Hall–Kier alpha value is -1.88. The van der Waals surface area contributed by atoms with Crippen molar-refractivity contribution >= 4 is 11.8 Å². The first-order valence-corrected chi connectivity index (χ1v) is 7.98. The topological polar surface area (TPSA) is 70.2 Å². The molecule has 1 fully saturated rings. The lowest BCUT2D eigenvalue weighted by atomic mass is 10.00. The van der Waals surface area contributed by atoms with E-state index < -0.39 is 0 Å². The van der Waals surface area contributed by atoms with Crippen LogP contribution in [0.25, 0.3) is 0 Å². The van der Waals surface area contributed by atoms with Crippen molar-refractivity contribution < 1.29 is 9.59 Å². The molecule has 120 valence electrons. The lowest BCUT2D eigenvalue weighted by molar-refractivity contribution is -0.122. The van der Waals surface area contributed by atoms with Gasteiger partial charge in [-0.1, -0.05) is 30.3 Å². The van der Waals surface area contributed by atoms with Gasteiger partial charge in [0.2, 0.25) is 11.8 Å². The summed E-state index contributed by atoms with van der Waals surface area (Å²) in [6.45, 7) is 3.49. The van der Waals surface area contributed by atoms with Gasteiger partial charge in [0.15, 0.2) is 0 Å². The highest BCUT2D eigenvalue weighted by Gasteiger charge is 2.21. The summed E-state index contributed by atoms with van der Waals surface area (Å²) < 4.78 is 0. The minimum Gasteiger partial charge on any atom is -0.355 e. The zero-order valence-electron chi connectivity index (χ0n) is 13.1. The summed E-state index contributed by atoms with van der Waals surface area (Å²) in [5.41, 5.74) is 0.978. The van der Waals surface area contributed by atoms with E-state index in [2.05, 4.69) is 22.9 Å². The number of benzene rings is 1. The van der Waals surface area contributed by atoms with Crippen LogP contribution in [-0.2, 0) is 16.0 Å². The quantitative estimate of drug-likeness (QED) is 0.734. The van der Waals surface area contributed by atoms with Crippen LogP contribution in [-0.4, -0.2) is 37.0 Å². The van der Waals surface area contributed by atoms with E-state index in [1.54, 1.807) is 0 Å². The van der Waals surface area contributed by atoms with Gasteiger partial charge in [-0.05, 0) is 31.9 Å². The third-order valence-corrected chi connectivity index (χ3v) is 3.99. The van der Waals surface area contributed by atoms with Crippen molar-refractivity contribution in [3.05, 3.63) is 35.9 Å². The van der Waals surface area contributed by atoms with Crippen LogP contribution in [0.2, 0.25) is 0 Å². The second-order valence-electron chi connectivity index (χ2n) is 5.82. The largest absolute Gasteiger partial charge is 0.355 e. The molecule has 0 spiro atoms. The molecule has 3 N–H and O–H groups in total. The van der Waals surface area contributed by atoms with Crippen molar-refractivity contribution in [3.8, 4) is 0 Å². The molecule has 2 unspecified atom stereocenters. The van der Waals surface area contributed by atoms with Gasteiger partial charge in [0.25, 0.3) is 0 Å². The summed E-state index contributed by atoms with van der Waals surface area (Å²) in [5, 5.41) is 9.19. The molecule has 22 heavy (non-hydrogen) atoms. The minimum atomic E-state index is -0.0494. The Morgan fingerprint density at radius 2 is 2.00 bits per heavy atom. The van der Waals surface area contributed by atoms with Crippen LogP contribution in [0.3, 0.4) is 0 Å². The monoisotopic (exact) mass is 303 g/mol. The maximum atomic E-state index is 11.9. The molecule has 0 bridgehead atoms. The van der Waals surface area contributed by atoms with Crippen LogP contribution >= 0.6 is 0 Å². The molecule has 2 amide bonds.